The molecular formula is C16H20. The molecule has 0 aliphatic heterocycles. The molecule has 0 radical (unpaired) electrons. The molecule has 0 amide bonds. The Morgan fingerprint density at radius 3 is 2.81 bits per heavy atom. The molecule has 16 heavy (non-hydrogen) atoms. The molecule has 84 valence electrons. The second-order valence-corrected chi connectivity index (χ2v) is 5.26. The van der Waals surface area contributed by atoms with E-state index in [2.05, 4.69) is 43.3 Å². The molecule has 0 N–H and O–H groups in total. The quantitative estimate of drug-likeness (QED) is 0.645. The maximum absolute atomic E-state index is 2.54. The summed E-state index contributed by atoms with van der Waals surface area (Å²) in [7, 11) is 0. The van der Waals surface area contributed by atoms with Gasteiger partial charge in [0.2, 0.25) is 0 Å². The molecule has 0 bridgehead atoms. The summed E-state index contributed by atoms with van der Waals surface area (Å²) in [4.78, 5) is 0. The third-order valence-corrected chi connectivity index (χ3v) is 4.28. The zero-order valence-corrected chi connectivity index (χ0v) is 10.0. The standard InChI is InChI=1S/C16H20/c1-2-14(12-7-4-3-5-8-12)15-10-6-9-13-11-16(13)15/h3-5,7-8,10,13-14,16H,2,6,9,11H2,1H3. The van der Waals surface area contributed by atoms with E-state index in [0.717, 1.165) is 11.8 Å². The molecule has 3 unspecified atom stereocenters. The summed E-state index contributed by atoms with van der Waals surface area (Å²) in [6.07, 6.45) is 8.02. The van der Waals surface area contributed by atoms with Crippen molar-refractivity contribution in [3.05, 3.63) is 47.5 Å². The lowest BCUT2D eigenvalue weighted by Gasteiger charge is -2.22. The van der Waals surface area contributed by atoms with Gasteiger partial charge in [-0.2, -0.15) is 0 Å². The third kappa shape index (κ3) is 1.71. The van der Waals surface area contributed by atoms with Crippen LogP contribution in [0.3, 0.4) is 0 Å². The van der Waals surface area contributed by atoms with E-state index in [-0.39, 0.29) is 0 Å². The largest absolute Gasteiger partial charge is 0.0844 e. The van der Waals surface area contributed by atoms with Gasteiger partial charge in [0.05, 0.1) is 0 Å². The normalized spacial score (nSPS) is 29.2. The van der Waals surface area contributed by atoms with E-state index in [0.29, 0.717) is 5.92 Å². The average Bonchev–Trinajstić information content (AvgIpc) is 3.11. The fourth-order valence-electron chi connectivity index (χ4n) is 3.34. The molecule has 2 aliphatic carbocycles. The summed E-state index contributed by atoms with van der Waals surface area (Å²) in [5, 5.41) is 0. The number of rotatable bonds is 3. The van der Waals surface area contributed by atoms with Gasteiger partial charge in [0.1, 0.15) is 0 Å². The highest BCUT2D eigenvalue weighted by atomic mass is 14.5. The molecule has 0 nitrogen and oxygen atoms in total. The lowest BCUT2D eigenvalue weighted by Crippen LogP contribution is -2.07. The Balaban J connectivity index is 1.88. The van der Waals surface area contributed by atoms with Crippen LogP contribution in [-0.4, -0.2) is 0 Å². The molecule has 1 aromatic rings. The Hall–Kier alpha value is -1.04. The molecule has 3 atom stereocenters. The first kappa shape index (κ1) is 10.1. The smallest absolute Gasteiger partial charge is 0.00484 e. The van der Waals surface area contributed by atoms with Gasteiger partial charge >= 0.3 is 0 Å². The van der Waals surface area contributed by atoms with E-state index in [1.165, 1.54) is 31.2 Å². The minimum absolute atomic E-state index is 0.691. The third-order valence-electron chi connectivity index (χ3n) is 4.28. The van der Waals surface area contributed by atoms with Crippen molar-refractivity contribution >= 4 is 0 Å². The Bertz CT molecular complexity index is 388. The molecule has 0 aromatic heterocycles. The van der Waals surface area contributed by atoms with Crippen LogP contribution in [0.5, 0.6) is 0 Å². The second-order valence-electron chi connectivity index (χ2n) is 5.26. The van der Waals surface area contributed by atoms with Gasteiger partial charge in [0.15, 0.2) is 0 Å². The van der Waals surface area contributed by atoms with E-state index in [4.69, 9.17) is 0 Å². The van der Waals surface area contributed by atoms with Gasteiger partial charge in [0, 0.05) is 5.92 Å². The van der Waals surface area contributed by atoms with E-state index in [9.17, 15) is 0 Å². The Morgan fingerprint density at radius 2 is 2.06 bits per heavy atom. The van der Waals surface area contributed by atoms with Gasteiger partial charge < -0.3 is 0 Å². The lowest BCUT2D eigenvalue weighted by molar-refractivity contribution is 0.604. The maximum atomic E-state index is 2.54. The minimum atomic E-state index is 0.691. The predicted octanol–water partition coefficient (Wildman–Crippen LogP) is 4.54. The lowest BCUT2D eigenvalue weighted by atomic mass is 9.83. The highest BCUT2D eigenvalue weighted by molar-refractivity contribution is 5.34. The number of hydrogen-bond donors (Lipinski definition) is 0. The van der Waals surface area contributed by atoms with Crippen molar-refractivity contribution in [1.29, 1.82) is 0 Å². The highest BCUT2D eigenvalue weighted by Gasteiger charge is 2.43. The number of hydrogen-bond acceptors (Lipinski definition) is 0. The fraction of sp³-hybridized carbons (Fsp3) is 0.500. The van der Waals surface area contributed by atoms with Gasteiger partial charge in [-0.3, -0.25) is 0 Å². The topological polar surface area (TPSA) is 0 Å². The van der Waals surface area contributed by atoms with Crippen molar-refractivity contribution < 1.29 is 0 Å². The Morgan fingerprint density at radius 1 is 1.25 bits per heavy atom. The van der Waals surface area contributed by atoms with Crippen LogP contribution in [0.15, 0.2) is 42.0 Å². The molecule has 0 heterocycles. The zero-order chi connectivity index (χ0) is 11.0. The van der Waals surface area contributed by atoms with Crippen LogP contribution in [0.25, 0.3) is 0 Å². The summed E-state index contributed by atoms with van der Waals surface area (Å²) >= 11 is 0. The molecule has 2 aliphatic rings. The SMILES string of the molecule is CCC(C1=CCCC2CC12)c1ccccc1. The first-order chi connectivity index (χ1) is 7.90. The van der Waals surface area contributed by atoms with E-state index in [1.54, 1.807) is 5.57 Å². The van der Waals surface area contributed by atoms with Crippen molar-refractivity contribution in [3.63, 3.8) is 0 Å². The molecule has 0 saturated heterocycles. The molecular weight excluding hydrogens is 192 g/mol. The van der Waals surface area contributed by atoms with Crippen molar-refractivity contribution in [2.45, 2.75) is 38.5 Å². The first-order valence-corrected chi connectivity index (χ1v) is 6.65. The number of allylic oxidation sites excluding steroid dienone is 2. The second kappa shape index (κ2) is 4.08. The van der Waals surface area contributed by atoms with Crippen LogP contribution in [0.4, 0.5) is 0 Å². The zero-order valence-electron chi connectivity index (χ0n) is 10.0. The molecule has 0 spiro atoms. The van der Waals surface area contributed by atoms with E-state index in [1.807, 2.05) is 0 Å². The van der Waals surface area contributed by atoms with E-state index >= 15 is 0 Å². The highest BCUT2D eigenvalue weighted by Crippen LogP contribution is 2.54. The van der Waals surface area contributed by atoms with Crippen molar-refractivity contribution in [1.82, 2.24) is 0 Å². The average molecular weight is 212 g/mol. The van der Waals surface area contributed by atoms with Crippen molar-refractivity contribution in [3.8, 4) is 0 Å². The van der Waals surface area contributed by atoms with Crippen LogP contribution in [0.1, 0.15) is 44.1 Å². The van der Waals surface area contributed by atoms with Gasteiger partial charge in [-0.05, 0) is 43.1 Å². The van der Waals surface area contributed by atoms with Gasteiger partial charge in [-0.1, -0.05) is 48.9 Å². The van der Waals surface area contributed by atoms with Crippen LogP contribution >= 0.6 is 0 Å². The van der Waals surface area contributed by atoms with Crippen molar-refractivity contribution in [2.24, 2.45) is 11.8 Å². The number of fused-ring (bicyclic) bond motifs is 1. The van der Waals surface area contributed by atoms with Gasteiger partial charge in [0.25, 0.3) is 0 Å². The summed E-state index contributed by atoms with van der Waals surface area (Å²) < 4.78 is 0. The van der Waals surface area contributed by atoms with Gasteiger partial charge in [-0.25, -0.2) is 0 Å². The summed E-state index contributed by atoms with van der Waals surface area (Å²) in [5.41, 5.74) is 3.27. The molecule has 3 rings (SSSR count). The predicted molar refractivity (Wildman–Crippen MR) is 68.4 cm³/mol. The Kier molecular flexibility index (Phi) is 2.59. The van der Waals surface area contributed by atoms with Crippen molar-refractivity contribution in [2.75, 3.05) is 0 Å². The monoisotopic (exact) mass is 212 g/mol. The Labute approximate surface area is 98.4 Å². The van der Waals surface area contributed by atoms with E-state index < -0.39 is 0 Å². The molecule has 1 saturated carbocycles. The summed E-state index contributed by atoms with van der Waals surface area (Å²) in [6, 6.07) is 11.0. The van der Waals surface area contributed by atoms with Crippen LogP contribution in [0, 0.1) is 11.8 Å². The maximum Gasteiger partial charge on any atom is 0.00484 e. The van der Waals surface area contributed by atoms with Crippen LogP contribution in [-0.2, 0) is 0 Å². The van der Waals surface area contributed by atoms with Crippen LogP contribution in [0.2, 0.25) is 0 Å². The summed E-state index contributed by atoms with van der Waals surface area (Å²) in [5.74, 6) is 2.67. The fourth-order valence-corrected chi connectivity index (χ4v) is 3.34. The molecule has 1 fully saturated rings. The first-order valence-electron chi connectivity index (χ1n) is 6.65. The molecule has 1 aromatic carbocycles. The van der Waals surface area contributed by atoms with Gasteiger partial charge in [-0.15, -0.1) is 0 Å². The van der Waals surface area contributed by atoms with Crippen LogP contribution < -0.4 is 0 Å². The number of benzene rings is 1. The minimum Gasteiger partial charge on any atom is -0.0844 e. The molecule has 0 heteroatoms. The summed E-state index contributed by atoms with van der Waals surface area (Å²) in [6.45, 7) is 2.32.